The third-order valence-corrected chi connectivity index (χ3v) is 3.50. The van der Waals surface area contributed by atoms with Crippen molar-refractivity contribution in [3.63, 3.8) is 0 Å². The van der Waals surface area contributed by atoms with Gasteiger partial charge >= 0.3 is 0 Å². The summed E-state index contributed by atoms with van der Waals surface area (Å²) in [7, 11) is -0.344. The van der Waals surface area contributed by atoms with Crippen LogP contribution in [0.1, 0.15) is 5.56 Å². The average Bonchev–Trinajstić information content (AvgIpc) is 2.59. The Bertz CT molecular complexity index is 232. The van der Waals surface area contributed by atoms with Gasteiger partial charge in [-0.3, -0.25) is 0 Å². The summed E-state index contributed by atoms with van der Waals surface area (Å²) in [6.45, 7) is 0.762. The number of hydrogen-bond donors (Lipinski definition) is 0. The molecule has 1 fully saturated rings. The van der Waals surface area contributed by atoms with Gasteiger partial charge in [0.2, 0.25) is 0 Å². The SMILES string of the molecule is c1ccc(CP2CCOO2)cc1. The van der Waals surface area contributed by atoms with E-state index in [0.717, 1.165) is 18.9 Å². The van der Waals surface area contributed by atoms with E-state index in [0.29, 0.717) is 0 Å². The van der Waals surface area contributed by atoms with Crippen LogP contribution in [0.15, 0.2) is 30.3 Å². The Morgan fingerprint density at radius 1 is 1.25 bits per heavy atom. The first-order valence-corrected chi connectivity index (χ1v) is 5.66. The van der Waals surface area contributed by atoms with Crippen molar-refractivity contribution in [3.05, 3.63) is 35.9 Å². The molecule has 0 aromatic heterocycles. The van der Waals surface area contributed by atoms with Crippen LogP contribution in [0, 0.1) is 0 Å². The van der Waals surface area contributed by atoms with Gasteiger partial charge in [0.15, 0.2) is 0 Å². The molecule has 1 aromatic carbocycles. The number of rotatable bonds is 2. The molecule has 1 unspecified atom stereocenters. The van der Waals surface area contributed by atoms with Crippen LogP contribution in [0.25, 0.3) is 0 Å². The minimum atomic E-state index is -0.344. The Kier molecular flexibility index (Phi) is 2.72. The topological polar surface area (TPSA) is 18.5 Å². The molecule has 0 spiro atoms. The number of benzene rings is 1. The fourth-order valence-corrected chi connectivity index (χ4v) is 2.59. The van der Waals surface area contributed by atoms with Crippen molar-refractivity contribution in [1.82, 2.24) is 0 Å². The molecule has 0 bridgehead atoms. The molecule has 64 valence electrons. The predicted molar refractivity (Wildman–Crippen MR) is 49.0 cm³/mol. The summed E-state index contributed by atoms with van der Waals surface area (Å²) < 4.78 is 5.12. The molecule has 0 aliphatic carbocycles. The van der Waals surface area contributed by atoms with Crippen molar-refractivity contribution in [1.29, 1.82) is 0 Å². The molecule has 0 N–H and O–H groups in total. The fraction of sp³-hybridized carbons (Fsp3) is 0.333. The van der Waals surface area contributed by atoms with E-state index in [9.17, 15) is 0 Å². The molecule has 1 aliphatic heterocycles. The largest absolute Gasteiger partial charge is 0.233 e. The summed E-state index contributed by atoms with van der Waals surface area (Å²) in [5, 5.41) is 0. The Labute approximate surface area is 73.3 Å². The van der Waals surface area contributed by atoms with Gasteiger partial charge in [-0.05, 0) is 5.56 Å². The molecule has 12 heavy (non-hydrogen) atoms. The Balaban J connectivity index is 1.94. The molecule has 3 heteroatoms. The lowest BCUT2D eigenvalue weighted by atomic mass is 10.2. The highest BCUT2D eigenvalue weighted by molar-refractivity contribution is 7.51. The third kappa shape index (κ3) is 2.04. The van der Waals surface area contributed by atoms with Crippen molar-refractivity contribution in [2.24, 2.45) is 0 Å². The second kappa shape index (κ2) is 3.99. The van der Waals surface area contributed by atoms with E-state index in [1.54, 1.807) is 0 Å². The highest BCUT2D eigenvalue weighted by Crippen LogP contribution is 2.44. The maximum absolute atomic E-state index is 5.12. The van der Waals surface area contributed by atoms with Gasteiger partial charge in [0.1, 0.15) is 0 Å². The second-order valence-electron chi connectivity index (χ2n) is 2.75. The molecule has 0 saturated carbocycles. The van der Waals surface area contributed by atoms with E-state index >= 15 is 0 Å². The van der Waals surface area contributed by atoms with Gasteiger partial charge in [-0.1, -0.05) is 30.3 Å². The van der Waals surface area contributed by atoms with Crippen LogP contribution in [0.2, 0.25) is 0 Å². The molecule has 0 radical (unpaired) electrons. The van der Waals surface area contributed by atoms with E-state index in [1.165, 1.54) is 5.56 Å². The summed E-state index contributed by atoms with van der Waals surface area (Å²) in [4.78, 5) is 4.86. The monoisotopic (exact) mass is 182 g/mol. The molecule has 2 nitrogen and oxygen atoms in total. The molecule has 1 saturated heterocycles. The van der Waals surface area contributed by atoms with Crippen LogP contribution in [-0.4, -0.2) is 12.8 Å². The summed E-state index contributed by atoms with van der Waals surface area (Å²) >= 11 is 0. The summed E-state index contributed by atoms with van der Waals surface area (Å²) in [5.41, 5.74) is 1.34. The van der Waals surface area contributed by atoms with Crippen LogP contribution in [0.4, 0.5) is 0 Å². The Hall–Kier alpha value is -0.430. The summed E-state index contributed by atoms with van der Waals surface area (Å²) in [5.74, 6) is 0. The van der Waals surface area contributed by atoms with Gasteiger partial charge in [-0.2, -0.15) is 0 Å². The fourth-order valence-electron chi connectivity index (χ4n) is 1.18. The molecule has 1 heterocycles. The van der Waals surface area contributed by atoms with Crippen molar-refractivity contribution < 1.29 is 9.56 Å². The van der Waals surface area contributed by atoms with Gasteiger partial charge in [0.25, 0.3) is 0 Å². The first-order chi connectivity index (χ1) is 5.95. The Morgan fingerprint density at radius 3 is 2.75 bits per heavy atom. The van der Waals surface area contributed by atoms with Crippen LogP contribution >= 0.6 is 8.15 Å². The van der Waals surface area contributed by atoms with Crippen LogP contribution in [0.5, 0.6) is 0 Å². The van der Waals surface area contributed by atoms with E-state index < -0.39 is 0 Å². The van der Waals surface area contributed by atoms with Crippen LogP contribution in [-0.2, 0) is 15.7 Å². The minimum Gasteiger partial charge on any atom is -0.233 e. The zero-order valence-corrected chi connectivity index (χ0v) is 7.67. The second-order valence-corrected chi connectivity index (χ2v) is 4.62. The molecule has 1 aromatic rings. The Morgan fingerprint density at radius 2 is 2.08 bits per heavy atom. The molecular formula is C9H11O2P. The molecule has 1 aliphatic rings. The first kappa shape index (κ1) is 8.18. The summed E-state index contributed by atoms with van der Waals surface area (Å²) in [6, 6.07) is 10.4. The van der Waals surface area contributed by atoms with Crippen LogP contribution in [0.3, 0.4) is 0 Å². The highest BCUT2D eigenvalue weighted by atomic mass is 31.1. The van der Waals surface area contributed by atoms with Gasteiger partial charge in [0.05, 0.1) is 14.8 Å². The van der Waals surface area contributed by atoms with E-state index in [4.69, 9.17) is 9.56 Å². The van der Waals surface area contributed by atoms with E-state index in [1.807, 2.05) is 6.07 Å². The smallest absolute Gasteiger partial charge is 0.0887 e. The summed E-state index contributed by atoms with van der Waals surface area (Å²) in [6.07, 6.45) is 2.10. The van der Waals surface area contributed by atoms with E-state index in [-0.39, 0.29) is 8.15 Å². The van der Waals surface area contributed by atoms with Gasteiger partial charge in [-0.25, -0.2) is 9.56 Å². The predicted octanol–water partition coefficient (Wildman–Crippen LogP) is 2.55. The number of hydrogen-bond acceptors (Lipinski definition) is 2. The van der Waals surface area contributed by atoms with Crippen molar-refractivity contribution in [2.75, 3.05) is 12.8 Å². The lowest BCUT2D eigenvalue weighted by molar-refractivity contribution is -0.175. The van der Waals surface area contributed by atoms with E-state index in [2.05, 4.69) is 24.3 Å². The average molecular weight is 182 g/mol. The standard InChI is InChI=1S/C9H11O2P/c1-2-4-9(5-3-1)8-12-7-6-10-11-12/h1-5H,6-8H2. The van der Waals surface area contributed by atoms with Crippen molar-refractivity contribution in [3.8, 4) is 0 Å². The van der Waals surface area contributed by atoms with Crippen molar-refractivity contribution in [2.45, 2.75) is 6.16 Å². The van der Waals surface area contributed by atoms with Gasteiger partial charge in [-0.15, -0.1) is 0 Å². The third-order valence-electron chi connectivity index (χ3n) is 1.78. The maximum atomic E-state index is 5.12. The van der Waals surface area contributed by atoms with Gasteiger partial charge < -0.3 is 0 Å². The first-order valence-electron chi connectivity index (χ1n) is 4.03. The minimum absolute atomic E-state index is 0.344. The van der Waals surface area contributed by atoms with Gasteiger partial charge in [0, 0.05) is 12.3 Å². The highest BCUT2D eigenvalue weighted by Gasteiger charge is 2.17. The lowest BCUT2D eigenvalue weighted by Crippen LogP contribution is -1.84. The lowest BCUT2D eigenvalue weighted by Gasteiger charge is -2.05. The van der Waals surface area contributed by atoms with Crippen molar-refractivity contribution >= 4 is 8.15 Å². The molecular weight excluding hydrogens is 171 g/mol. The maximum Gasteiger partial charge on any atom is 0.0887 e. The van der Waals surface area contributed by atoms with Crippen LogP contribution < -0.4 is 0 Å². The molecule has 2 rings (SSSR count). The quantitative estimate of drug-likeness (QED) is 0.517. The molecule has 1 atom stereocenters. The normalized spacial score (nSPS) is 22.8. The zero-order chi connectivity index (χ0) is 8.23. The zero-order valence-electron chi connectivity index (χ0n) is 6.77. The molecule has 0 amide bonds.